The molecule has 0 aliphatic carbocycles. The Morgan fingerprint density at radius 1 is 1.03 bits per heavy atom. The van der Waals surface area contributed by atoms with Gasteiger partial charge in [-0.15, -0.1) is 0 Å². The number of rotatable bonds is 9. The maximum absolute atomic E-state index is 12.6. The van der Waals surface area contributed by atoms with E-state index in [1.807, 2.05) is 0 Å². The molecule has 2 rings (SSSR count). The fourth-order valence-electron chi connectivity index (χ4n) is 2.32. The van der Waals surface area contributed by atoms with Crippen molar-refractivity contribution in [1.29, 1.82) is 0 Å². The second-order valence-electron chi connectivity index (χ2n) is 6.24. The largest absolute Gasteiger partial charge is 0.490 e. The minimum Gasteiger partial charge on any atom is -0.490 e. The highest BCUT2D eigenvalue weighted by Gasteiger charge is 2.21. The molecule has 2 aromatic carbocycles. The standard InChI is InChI=1S/C20H23NO7S/c1-4-26-17-10-5-6-11-18(17)28-29(24,25)16-9-7-8-15(12-16)20(23)27-13-19(22)21-14(2)3/h5-12,14H,4,13H2,1-3H3,(H,21,22). The number of benzene rings is 2. The summed E-state index contributed by atoms with van der Waals surface area (Å²) in [5.41, 5.74) is -0.0230. The predicted molar refractivity (Wildman–Crippen MR) is 105 cm³/mol. The first kappa shape index (κ1) is 22.2. The van der Waals surface area contributed by atoms with Gasteiger partial charge in [-0.05, 0) is 51.1 Å². The van der Waals surface area contributed by atoms with Gasteiger partial charge in [-0.1, -0.05) is 18.2 Å². The van der Waals surface area contributed by atoms with Crippen molar-refractivity contribution in [3.05, 3.63) is 54.1 Å². The van der Waals surface area contributed by atoms with Crippen LogP contribution in [0.1, 0.15) is 31.1 Å². The Balaban J connectivity index is 2.15. The van der Waals surface area contributed by atoms with E-state index >= 15 is 0 Å². The highest BCUT2D eigenvalue weighted by molar-refractivity contribution is 7.87. The zero-order valence-electron chi connectivity index (χ0n) is 16.4. The van der Waals surface area contributed by atoms with Crippen LogP contribution in [0, 0.1) is 0 Å². The molecule has 0 saturated heterocycles. The van der Waals surface area contributed by atoms with Gasteiger partial charge in [-0.2, -0.15) is 8.42 Å². The lowest BCUT2D eigenvalue weighted by atomic mass is 10.2. The predicted octanol–water partition coefficient (Wildman–Crippen LogP) is 2.53. The van der Waals surface area contributed by atoms with Crippen LogP contribution in [0.4, 0.5) is 0 Å². The van der Waals surface area contributed by atoms with E-state index in [1.165, 1.54) is 24.3 Å². The third kappa shape index (κ3) is 6.49. The monoisotopic (exact) mass is 421 g/mol. The number of amides is 1. The second-order valence-corrected chi connectivity index (χ2v) is 7.79. The summed E-state index contributed by atoms with van der Waals surface area (Å²) in [6.45, 7) is 5.19. The zero-order valence-corrected chi connectivity index (χ0v) is 17.2. The molecule has 0 unspecified atom stereocenters. The molecule has 0 heterocycles. The normalized spacial score (nSPS) is 11.0. The summed E-state index contributed by atoms with van der Waals surface area (Å²) in [4.78, 5) is 23.5. The first-order valence-corrected chi connectivity index (χ1v) is 10.4. The molecule has 1 amide bonds. The van der Waals surface area contributed by atoms with Crippen molar-refractivity contribution in [1.82, 2.24) is 5.32 Å². The molecule has 1 N–H and O–H groups in total. The molecule has 0 saturated carbocycles. The molecule has 156 valence electrons. The maximum Gasteiger partial charge on any atom is 0.339 e. The van der Waals surface area contributed by atoms with Crippen LogP contribution in [-0.4, -0.2) is 39.5 Å². The van der Waals surface area contributed by atoms with Crippen molar-refractivity contribution in [3.8, 4) is 11.5 Å². The van der Waals surface area contributed by atoms with E-state index in [1.54, 1.807) is 39.0 Å². The van der Waals surface area contributed by atoms with E-state index in [0.29, 0.717) is 6.61 Å². The van der Waals surface area contributed by atoms with Crippen LogP contribution in [0.15, 0.2) is 53.4 Å². The van der Waals surface area contributed by atoms with Gasteiger partial charge in [0.25, 0.3) is 5.91 Å². The number of ether oxygens (including phenoxy) is 2. The fourth-order valence-corrected chi connectivity index (χ4v) is 3.30. The number of para-hydroxylation sites is 2. The Labute approximate surface area is 169 Å². The zero-order chi connectivity index (χ0) is 21.4. The van der Waals surface area contributed by atoms with Crippen LogP contribution in [-0.2, 0) is 19.6 Å². The minimum atomic E-state index is -4.22. The van der Waals surface area contributed by atoms with E-state index in [4.69, 9.17) is 13.7 Å². The number of hydrogen-bond donors (Lipinski definition) is 1. The average Bonchev–Trinajstić information content (AvgIpc) is 2.67. The van der Waals surface area contributed by atoms with Gasteiger partial charge in [0, 0.05) is 6.04 Å². The molecule has 2 aromatic rings. The van der Waals surface area contributed by atoms with Gasteiger partial charge in [0.1, 0.15) is 4.90 Å². The summed E-state index contributed by atoms with van der Waals surface area (Å²) in [6, 6.07) is 11.5. The molecule has 8 nitrogen and oxygen atoms in total. The highest BCUT2D eigenvalue weighted by Crippen LogP contribution is 2.29. The molecule has 29 heavy (non-hydrogen) atoms. The first-order valence-electron chi connectivity index (χ1n) is 8.95. The summed E-state index contributed by atoms with van der Waals surface area (Å²) in [7, 11) is -4.22. The highest BCUT2D eigenvalue weighted by atomic mass is 32.2. The van der Waals surface area contributed by atoms with Crippen molar-refractivity contribution in [2.24, 2.45) is 0 Å². The van der Waals surface area contributed by atoms with E-state index in [0.717, 1.165) is 6.07 Å². The van der Waals surface area contributed by atoms with Gasteiger partial charge in [-0.25, -0.2) is 4.79 Å². The summed E-state index contributed by atoms with van der Waals surface area (Å²) in [6.07, 6.45) is 0. The van der Waals surface area contributed by atoms with Gasteiger partial charge < -0.3 is 19.0 Å². The Kier molecular flexibility index (Phi) is 7.60. The Morgan fingerprint density at radius 3 is 2.38 bits per heavy atom. The first-order chi connectivity index (χ1) is 13.7. The van der Waals surface area contributed by atoms with Crippen molar-refractivity contribution in [2.75, 3.05) is 13.2 Å². The number of hydrogen-bond acceptors (Lipinski definition) is 7. The number of nitrogens with one attached hydrogen (secondary N) is 1. The molecule has 0 aliphatic rings. The van der Waals surface area contributed by atoms with Crippen LogP contribution in [0.25, 0.3) is 0 Å². The van der Waals surface area contributed by atoms with E-state index in [2.05, 4.69) is 5.32 Å². The molecule has 0 aliphatic heterocycles. The second kappa shape index (κ2) is 9.92. The maximum atomic E-state index is 12.6. The lowest BCUT2D eigenvalue weighted by molar-refractivity contribution is -0.124. The Bertz CT molecular complexity index is 970. The summed E-state index contributed by atoms with van der Waals surface area (Å²) in [5.74, 6) is -0.957. The van der Waals surface area contributed by atoms with Crippen LogP contribution >= 0.6 is 0 Å². The average molecular weight is 421 g/mol. The molecule has 0 spiro atoms. The van der Waals surface area contributed by atoms with Crippen LogP contribution in [0.2, 0.25) is 0 Å². The van der Waals surface area contributed by atoms with Crippen molar-refractivity contribution >= 4 is 22.0 Å². The lowest BCUT2D eigenvalue weighted by Gasteiger charge is -2.12. The molecule has 0 aromatic heterocycles. The topological polar surface area (TPSA) is 108 Å². The smallest absolute Gasteiger partial charge is 0.339 e. The molecule has 0 fully saturated rings. The van der Waals surface area contributed by atoms with Crippen LogP contribution in [0.5, 0.6) is 11.5 Å². The quantitative estimate of drug-likeness (QED) is 0.490. The van der Waals surface area contributed by atoms with Gasteiger partial charge in [-0.3, -0.25) is 4.79 Å². The minimum absolute atomic E-state index is 0.0230. The van der Waals surface area contributed by atoms with Crippen molar-refractivity contribution < 1.29 is 31.7 Å². The van der Waals surface area contributed by atoms with E-state index in [-0.39, 0.29) is 28.0 Å². The van der Waals surface area contributed by atoms with Crippen molar-refractivity contribution in [2.45, 2.75) is 31.7 Å². The molecule has 0 atom stereocenters. The summed E-state index contributed by atoms with van der Waals surface area (Å²) in [5, 5.41) is 2.58. The van der Waals surface area contributed by atoms with E-state index in [9.17, 15) is 18.0 Å². The SMILES string of the molecule is CCOc1ccccc1OS(=O)(=O)c1cccc(C(=O)OCC(=O)NC(C)C)c1. The van der Waals surface area contributed by atoms with E-state index < -0.39 is 28.6 Å². The molecule has 0 bridgehead atoms. The van der Waals surface area contributed by atoms with Gasteiger partial charge >= 0.3 is 16.1 Å². The summed E-state index contributed by atoms with van der Waals surface area (Å²) >= 11 is 0. The number of esters is 1. The number of carbonyl (C=O) groups excluding carboxylic acids is 2. The number of carbonyl (C=O) groups is 2. The Morgan fingerprint density at radius 2 is 1.72 bits per heavy atom. The van der Waals surface area contributed by atoms with Crippen molar-refractivity contribution in [3.63, 3.8) is 0 Å². The lowest BCUT2D eigenvalue weighted by Crippen LogP contribution is -2.34. The molecule has 0 radical (unpaired) electrons. The third-order valence-corrected chi connectivity index (χ3v) is 4.72. The van der Waals surface area contributed by atoms with Gasteiger partial charge in [0.05, 0.1) is 12.2 Å². The summed E-state index contributed by atoms with van der Waals surface area (Å²) < 4.78 is 40.7. The van der Waals surface area contributed by atoms with Gasteiger partial charge in [0.2, 0.25) is 0 Å². The third-order valence-electron chi connectivity index (χ3n) is 3.49. The fraction of sp³-hybridized carbons (Fsp3) is 0.300. The van der Waals surface area contributed by atoms with Crippen LogP contribution < -0.4 is 14.2 Å². The van der Waals surface area contributed by atoms with Crippen LogP contribution in [0.3, 0.4) is 0 Å². The molecular weight excluding hydrogens is 398 g/mol. The van der Waals surface area contributed by atoms with Gasteiger partial charge in [0.15, 0.2) is 18.1 Å². The molecular formula is C20H23NO7S. The Hall–Kier alpha value is -3.07. The molecule has 9 heteroatoms.